The van der Waals surface area contributed by atoms with Crippen LogP contribution in [-0.4, -0.2) is 16.8 Å². The highest BCUT2D eigenvalue weighted by molar-refractivity contribution is 5.89. The number of carbonyl (C=O) groups excluding carboxylic acids is 1. The first kappa shape index (κ1) is 9.15. The van der Waals surface area contributed by atoms with Crippen molar-refractivity contribution < 1.29 is 14.4 Å². The summed E-state index contributed by atoms with van der Waals surface area (Å²) in [5.74, 6) is -1.37. The molecule has 0 radical (unpaired) electrons. The third kappa shape index (κ3) is 1.28. The van der Waals surface area contributed by atoms with Crippen molar-refractivity contribution in [3.63, 3.8) is 0 Å². The zero-order valence-electron chi connectivity index (χ0n) is 7.40. The maximum Gasteiger partial charge on any atom is 0.281 e. The molecule has 1 fully saturated rings. The average molecular weight is 195 g/mol. The Morgan fingerprint density at radius 1 is 1.50 bits per heavy atom. The van der Waals surface area contributed by atoms with Crippen molar-refractivity contribution >= 4 is 5.91 Å². The number of alkyl halides is 1. The summed E-state index contributed by atoms with van der Waals surface area (Å²) >= 11 is 0. The van der Waals surface area contributed by atoms with Gasteiger partial charge in [0.05, 0.1) is 0 Å². The molecule has 74 valence electrons. The van der Waals surface area contributed by atoms with Crippen LogP contribution in [0, 0.1) is 0 Å². The van der Waals surface area contributed by atoms with Gasteiger partial charge in [0.25, 0.3) is 5.91 Å². The van der Waals surface area contributed by atoms with E-state index in [0.29, 0.717) is 0 Å². The van der Waals surface area contributed by atoms with Gasteiger partial charge in [0.1, 0.15) is 0 Å². The zero-order chi connectivity index (χ0) is 10.2. The average Bonchev–Trinajstić information content (AvgIpc) is 2.92. The molecule has 0 aromatic heterocycles. The number of amides is 1. The van der Waals surface area contributed by atoms with Crippen molar-refractivity contribution in [1.29, 1.82) is 0 Å². The topological polar surface area (TPSA) is 49.3 Å². The first-order chi connectivity index (χ1) is 6.68. The minimum absolute atomic E-state index is 0.142. The Balaban J connectivity index is 2.16. The van der Waals surface area contributed by atoms with E-state index in [-0.39, 0.29) is 6.42 Å². The number of benzene rings is 1. The number of hydrogen-bond donors (Lipinski definition) is 2. The molecular formula is C10H10FNO2. The van der Waals surface area contributed by atoms with Crippen LogP contribution >= 0.6 is 0 Å². The van der Waals surface area contributed by atoms with Gasteiger partial charge in [0.2, 0.25) is 0 Å². The van der Waals surface area contributed by atoms with E-state index in [2.05, 4.69) is 0 Å². The van der Waals surface area contributed by atoms with E-state index in [1.807, 2.05) is 6.07 Å². The maximum absolute atomic E-state index is 13.7. The molecule has 14 heavy (non-hydrogen) atoms. The lowest BCUT2D eigenvalue weighted by molar-refractivity contribution is -0.136. The van der Waals surface area contributed by atoms with Gasteiger partial charge in [0, 0.05) is 12.3 Å². The molecule has 2 N–H and O–H groups in total. The van der Waals surface area contributed by atoms with Crippen LogP contribution in [0.4, 0.5) is 4.39 Å². The quantitative estimate of drug-likeness (QED) is 0.553. The predicted molar refractivity (Wildman–Crippen MR) is 47.6 cm³/mol. The highest BCUT2D eigenvalue weighted by Crippen LogP contribution is 2.54. The molecule has 0 aliphatic heterocycles. The lowest BCUT2D eigenvalue weighted by atomic mass is 10.1. The van der Waals surface area contributed by atoms with E-state index in [4.69, 9.17) is 5.21 Å². The molecule has 3 nitrogen and oxygen atoms in total. The molecule has 2 atom stereocenters. The van der Waals surface area contributed by atoms with Gasteiger partial charge in [-0.05, 0) is 5.56 Å². The van der Waals surface area contributed by atoms with Gasteiger partial charge in [-0.2, -0.15) is 0 Å². The summed E-state index contributed by atoms with van der Waals surface area (Å²) in [4.78, 5) is 10.9. The van der Waals surface area contributed by atoms with Crippen molar-refractivity contribution in [2.75, 3.05) is 0 Å². The molecule has 0 spiro atoms. The molecule has 0 heterocycles. The minimum Gasteiger partial charge on any atom is -0.289 e. The van der Waals surface area contributed by atoms with Crippen molar-refractivity contribution in [3.05, 3.63) is 35.9 Å². The van der Waals surface area contributed by atoms with Crippen molar-refractivity contribution in [1.82, 2.24) is 5.48 Å². The summed E-state index contributed by atoms with van der Waals surface area (Å²) in [6.45, 7) is 0. The van der Waals surface area contributed by atoms with Crippen molar-refractivity contribution in [2.45, 2.75) is 18.0 Å². The van der Waals surface area contributed by atoms with Crippen molar-refractivity contribution in [2.24, 2.45) is 0 Å². The lowest BCUT2D eigenvalue weighted by Gasteiger charge is -2.04. The number of nitrogens with one attached hydrogen (secondary N) is 1. The summed E-state index contributed by atoms with van der Waals surface area (Å²) in [6.07, 6.45) is 0.142. The maximum atomic E-state index is 13.7. The van der Waals surface area contributed by atoms with Crippen LogP contribution in [0.1, 0.15) is 17.9 Å². The Bertz CT molecular complexity index is 354. The lowest BCUT2D eigenvalue weighted by Crippen LogP contribution is -2.31. The Morgan fingerprint density at radius 2 is 2.14 bits per heavy atom. The number of hydrogen-bond acceptors (Lipinski definition) is 2. The Labute approximate surface area is 80.5 Å². The molecule has 1 aliphatic rings. The van der Waals surface area contributed by atoms with Gasteiger partial charge in [-0.3, -0.25) is 10.0 Å². The fourth-order valence-electron chi connectivity index (χ4n) is 1.65. The summed E-state index contributed by atoms with van der Waals surface area (Å²) < 4.78 is 13.7. The van der Waals surface area contributed by atoms with Crippen LogP contribution in [0.2, 0.25) is 0 Å². The van der Waals surface area contributed by atoms with Gasteiger partial charge >= 0.3 is 0 Å². The van der Waals surface area contributed by atoms with Gasteiger partial charge in [0.15, 0.2) is 5.67 Å². The molecule has 1 amide bonds. The molecule has 0 saturated heterocycles. The molecule has 0 bridgehead atoms. The highest BCUT2D eigenvalue weighted by Gasteiger charge is 2.62. The van der Waals surface area contributed by atoms with E-state index < -0.39 is 17.5 Å². The largest absolute Gasteiger partial charge is 0.289 e. The summed E-state index contributed by atoms with van der Waals surface area (Å²) in [6, 6.07) is 8.97. The normalized spacial score (nSPS) is 29.7. The monoisotopic (exact) mass is 195 g/mol. The highest BCUT2D eigenvalue weighted by atomic mass is 19.1. The Morgan fingerprint density at radius 3 is 2.71 bits per heavy atom. The third-order valence-electron chi connectivity index (χ3n) is 2.57. The fraction of sp³-hybridized carbons (Fsp3) is 0.300. The molecule has 2 rings (SSSR count). The molecule has 1 aromatic carbocycles. The SMILES string of the molecule is O=C(NO)C1(F)CC1c1ccccc1. The van der Waals surface area contributed by atoms with Crippen LogP contribution in [-0.2, 0) is 4.79 Å². The van der Waals surface area contributed by atoms with E-state index in [1.165, 1.54) is 5.48 Å². The second-order valence-electron chi connectivity index (χ2n) is 3.47. The van der Waals surface area contributed by atoms with E-state index in [0.717, 1.165) is 5.56 Å². The Hall–Kier alpha value is -1.42. The smallest absolute Gasteiger partial charge is 0.281 e. The summed E-state index contributed by atoms with van der Waals surface area (Å²) in [5.41, 5.74) is 0.223. The predicted octanol–water partition coefficient (Wildman–Crippen LogP) is 1.39. The van der Waals surface area contributed by atoms with E-state index >= 15 is 0 Å². The van der Waals surface area contributed by atoms with Crippen molar-refractivity contribution in [3.8, 4) is 0 Å². The number of rotatable bonds is 2. The molecule has 4 heteroatoms. The van der Waals surface area contributed by atoms with Gasteiger partial charge in [-0.25, -0.2) is 9.87 Å². The van der Waals surface area contributed by atoms with Gasteiger partial charge < -0.3 is 0 Å². The first-order valence-corrected chi connectivity index (χ1v) is 4.37. The number of hydroxylamine groups is 1. The van der Waals surface area contributed by atoms with Crippen LogP contribution in [0.25, 0.3) is 0 Å². The van der Waals surface area contributed by atoms with Gasteiger partial charge in [-0.15, -0.1) is 0 Å². The molecule has 2 unspecified atom stereocenters. The standard InChI is InChI=1S/C10H10FNO2/c11-10(9(13)12-14)6-8(10)7-4-2-1-3-5-7/h1-5,8,14H,6H2,(H,12,13). The van der Waals surface area contributed by atoms with E-state index in [9.17, 15) is 9.18 Å². The second-order valence-corrected chi connectivity index (χ2v) is 3.47. The van der Waals surface area contributed by atoms with Crippen LogP contribution in [0.5, 0.6) is 0 Å². The number of carbonyl (C=O) groups is 1. The zero-order valence-corrected chi connectivity index (χ0v) is 7.40. The number of halogens is 1. The van der Waals surface area contributed by atoms with E-state index in [1.54, 1.807) is 24.3 Å². The molecule has 1 saturated carbocycles. The minimum atomic E-state index is -1.92. The third-order valence-corrected chi connectivity index (χ3v) is 2.57. The van der Waals surface area contributed by atoms with Crippen LogP contribution < -0.4 is 5.48 Å². The summed E-state index contributed by atoms with van der Waals surface area (Å²) in [5, 5.41) is 8.34. The first-order valence-electron chi connectivity index (χ1n) is 4.37. The molecular weight excluding hydrogens is 185 g/mol. The second kappa shape index (κ2) is 3.06. The molecule has 1 aliphatic carbocycles. The fourth-order valence-corrected chi connectivity index (χ4v) is 1.65. The summed E-state index contributed by atoms with van der Waals surface area (Å²) in [7, 11) is 0. The Kier molecular flexibility index (Phi) is 2.00. The van der Waals surface area contributed by atoms with Crippen LogP contribution in [0.3, 0.4) is 0 Å². The van der Waals surface area contributed by atoms with Crippen LogP contribution in [0.15, 0.2) is 30.3 Å². The van der Waals surface area contributed by atoms with Gasteiger partial charge in [-0.1, -0.05) is 30.3 Å². The molecule has 1 aromatic rings.